The average Bonchev–Trinajstić information content (AvgIpc) is 2.85. The Labute approximate surface area is 202 Å². The fraction of sp³-hybridized carbons (Fsp3) is 0.125. The van der Waals surface area contributed by atoms with Crippen LogP contribution in [0, 0.1) is 0 Å². The summed E-state index contributed by atoms with van der Waals surface area (Å²) in [6, 6.07) is 20.2. The van der Waals surface area contributed by atoms with Crippen LogP contribution in [0.1, 0.15) is 6.92 Å². The highest BCUT2D eigenvalue weighted by molar-refractivity contribution is 7.92. The first kappa shape index (κ1) is 23.5. The van der Waals surface area contributed by atoms with E-state index < -0.39 is 15.9 Å². The predicted molar refractivity (Wildman–Crippen MR) is 132 cm³/mol. The fourth-order valence-corrected chi connectivity index (χ4v) is 5.05. The number of halogens is 1. The second-order valence-corrected chi connectivity index (χ2v) is 9.45. The molecule has 0 aliphatic heterocycles. The summed E-state index contributed by atoms with van der Waals surface area (Å²) in [7, 11) is -3.88. The first-order chi connectivity index (χ1) is 16.4. The van der Waals surface area contributed by atoms with Crippen LogP contribution in [0.15, 0.2) is 84.0 Å². The molecule has 1 amide bonds. The van der Waals surface area contributed by atoms with Gasteiger partial charge in [0.25, 0.3) is 15.9 Å². The van der Waals surface area contributed by atoms with E-state index >= 15 is 0 Å². The molecule has 0 aliphatic rings. The molecule has 4 aromatic rings. The van der Waals surface area contributed by atoms with Crippen molar-refractivity contribution in [3.8, 4) is 5.88 Å². The molecule has 0 aliphatic carbocycles. The van der Waals surface area contributed by atoms with Crippen LogP contribution in [-0.4, -0.2) is 37.4 Å². The third kappa shape index (κ3) is 4.95. The SMILES string of the molecule is CCN(c1ccccc1)S(=O)(=O)c1ccc(Cl)c(NC(=O)COc2ncnc3ccccc23)c1. The molecule has 3 aromatic carbocycles. The molecule has 1 heterocycles. The van der Waals surface area contributed by atoms with Gasteiger partial charge in [-0.05, 0) is 49.4 Å². The molecule has 0 bridgehead atoms. The van der Waals surface area contributed by atoms with Gasteiger partial charge in [-0.15, -0.1) is 0 Å². The van der Waals surface area contributed by atoms with Crippen LogP contribution in [-0.2, 0) is 14.8 Å². The lowest BCUT2D eigenvalue weighted by molar-refractivity contribution is -0.118. The molecular formula is C24H21ClN4O4S. The van der Waals surface area contributed by atoms with Crippen LogP contribution in [0.5, 0.6) is 5.88 Å². The van der Waals surface area contributed by atoms with E-state index in [0.29, 0.717) is 16.6 Å². The third-order valence-corrected chi connectivity index (χ3v) is 7.21. The minimum absolute atomic E-state index is 0.000570. The molecule has 0 spiro atoms. The van der Waals surface area contributed by atoms with Crippen molar-refractivity contribution in [2.45, 2.75) is 11.8 Å². The highest BCUT2D eigenvalue weighted by atomic mass is 35.5. The molecule has 10 heteroatoms. The molecule has 1 N–H and O–H groups in total. The predicted octanol–water partition coefficient (Wildman–Crippen LogP) is 4.52. The molecule has 0 radical (unpaired) electrons. The van der Waals surface area contributed by atoms with Crippen molar-refractivity contribution >= 4 is 49.8 Å². The molecule has 0 saturated heterocycles. The average molecular weight is 497 g/mol. The van der Waals surface area contributed by atoms with Crippen molar-refractivity contribution in [2.24, 2.45) is 0 Å². The number of carbonyl (C=O) groups is 1. The molecule has 34 heavy (non-hydrogen) atoms. The van der Waals surface area contributed by atoms with Crippen LogP contribution < -0.4 is 14.4 Å². The number of amides is 1. The number of ether oxygens (including phenoxy) is 1. The Balaban J connectivity index is 1.52. The summed E-state index contributed by atoms with van der Waals surface area (Å²) in [4.78, 5) is 20.8. The van der Waals surface area contributed by atoms with Gasteiger partial charge < -0.3 is 10.1 Å². The Kier molecular flexibility index (Phi) is 6.95. The summed E-state index contributed by atoms with van der Waals surface area (Å²) in [5.74, 6) is -0.251. The number of aromatic nitrogens is 2. The van der Waals surface area contributed by atoms with Crippen molar-refractivity contribution < 1.29 is 17.9 Å². The van der Waals surface area contributed by atoms with Gasteiger partial charge in [-0.1, -0.05) is 41.9 Å². The van der Waals surface area contributed by atoms with Crippen molar-refractivity contribution in [1.29, 1.82) is 0 Å². The standard InChI is InChI=1S/C24H21ClN4O4S/c1-2-29(17-8-4-3-5-9-17)34(31,32)18-12-13-20(25)22(14-18)28-23(30)15-33-24-19-10-6-7-11-21(19)26-16-27-24/h3-14,16H,2,15H2,1H3,(H,28,30). The van der Waals surface area contributed by atoms with E-state index in [-0.39, 0.29) is 34.6 Å². The van der Waals surface area contributed by atoms with Crippen molar-refractivity contribution in [2.75, 3.05) is 22.8 Å². The largest absolute Gasteiger partial charge is 0.467 e. The second-order valence-electron chi connectivity index (χ2n) is 7.18. The van der Waals surface area contributed by atoms with Crippen LogP contribution in [0.4, 0.5) is 11.4 Å². The molecule has 1 aromatic heterocycles. The maximum atomic E-state index is 13.3. The normalized spacial score (nSPS) is 11.2. The first-order valence-electron chi connectivity index (χ1n) is 10.4. The number of para-hydroxylation sites is 2. The lowest BCUT2D eigenvalue weighted by Crippen LogP contribution is -2.30. The zero-order valence-electron chi connectivity index (χ0n) is 18.2. The number of benzene rings is 3. The highest BCUT2D eigenvalue weighted by Gasteiger charge is 2.24. The van der Waals surface area contributed by atoms with Crippen molar-refractivity contribution in [3.63, 3.8) is 0 Å². The Morgan fingerprint density at radius 2 is 1.76 bits per heavy atom. The smallest absolute Gasteiger partial charge is 0.264 e. The topological polar surface area (TPSA) is 101 Å². The van der Waals surface area contributed by atoms with Gasteiger partial charge in [-0.25, -0.2) is 18.4 Å². The van der Waals surface area contributed by atoms with Gasteiger partial charge in [0.05, 0.1) is 32.2 Å². The van der Waals surface area contributed by atoms with Gasteiger partial charge in [0.1, 0.15) is 6.33 Å². The molecule has 4 rings (SSSR count). The van der Waals surface area contributed by atoms with Gasteiger partial charge in [-0.2, -0.15) is 0 Å². The first-order valence-corrected chi connectivity index (χ1v) is 12.2. The van der Waals surface area contributed by atoms with Crippen molar-refractivity contribution in [3.05, 3.63) is 84.1 Å². The number of rotatable bonds is 8. The third-order valence-electron chi connectivity index (χ3n) is 4.98. The van der Waals surface area contributed by atoms with E-state index in [0.717, 1.165) is 0 Å². The lowest BCUT2D eigenvalue weighted by atomic mass is 10.2. The second kappa shape index (κ2) is 10.1. The van der Waals surface area contributed by atoms with E-state index in [1.807, 2.05) is 24.3 Å². The lowest BCUT2D eigenvalue weighted by Gasteiger charge is -2.23. The minimum Gasteiger partial charge on any atom is -0.467 e. The van der Waals surface area contributed by atoms with E-state index in [9.17, 15) is 13.2 Å². The molecular weight excluding hydrogens is 476 g/mol. The highest BCUT2D eigenvalue weighted by Crippen LogP contribution is 2.29. The van der Waals surface area contributed by atoms with Gasteiger partial charge >= 0.3 is 0 Å². The summed E-state index contributed by atoms with van der Waals surface area (Å²) in [6.45, 7) is 1.63. The monoisotopic (exact) mass is 496 g/mol. The Morgan fingerprint density at radius 3 is 2.53 bits per heavy atom. The van der Waals surface area contributed by atoms with E-state index in [1.165, 1.54) is 28.8 Å². The van der Waals surface area contributed by atoms with Crippen LogP contribution in [0.2, 0.25) is 5.02 Å². The van der Waals surface area contributed by atoms with Gasteiger partial charge in [-0.3, -0.25) is 9.10 Å². The minimum atomic E-state index is -3.88. The number of hydrogen-bond acceptors (Lipinski definition) is 6. The number of hydrogen-bond donors (Lipinski definition) is 1. The maximum Gasteiger partial charge on any atom is 0.264 e. The number of anilines is 2. The van der Waals surface area contributed by atoms with E-state index in [2.05, 4.69) is 15.3 Å². The number of fused-ring (bicyclic) bond motifs is 1. The van der Waals surface area contributed by atoms with Gasteiger partial charge in [0.2, 0.25) is 5.88 Å². The van der Waals surface area contributed by atoms with Gasteiger partial charge in [0.15, 0.2) is 6.61 Å². The molecule has 0 fully saturated rings. The Bertz CT molecular complexity index is 1430. The number of nitrogens with zero attached hydrogens (tertiary/aromatic N) is 3. The van der Waals surface area contributed by atoms with Crippen LogP contribution in [0.3, 0.4) is 0 Å². The molecule has 174 valence electrons. The number of nitrogens with one attached hydrogen (secondary N) is 1. The Hall–Kier alpha value is -3.69. The van der Waals surface area contributed by atoms with Crippen LogP contribution in [0.25, 0.3) is 10.9 Å². The quantitative estimate of drug-likeness (QED) is 0.385. The van der Waals surface area contributed by atoms with E-state index in [4.69, 9.17) is 16.3 Å². The molecule has 0 unspecified atom stereocenters. The zero-order chi connectivity index (χ0) is 24.1. The summed E-state index contributed by atoms with van der Waals surface area (Å²) in [5, 5.41) is 3.48. The maximum absolute atomic E-state index is 13.3. The summed E-state index contributed by atoms with van der Waals surface area (Å²) in [5.41, 5.74) is 1.39. The zero-order valence-corrected chi connectivity index (χ0v) is 19.8. The molecule has 0 atom stereocenters. The van der Waals surface area contributed by atoms with Crippen LogP contribution >= 0.6 is 11.6 Å². The van der Waals surface area contributed by atoms with Crippen molar-refractivity contribution in [1.82, 2.24) is 9.97 Å². The number of sulfonamides is 1. The summed E-state index contributed by atoms with van der Waals surface area (Å²) in [6.07, 6.45) is 1.35. The molecule has 8 nitrogen and oxygen atoms in total. The Morgan fingerprint density at radius 1 is 1.03 bits per heavy atom. The van der Waals surface area contributed by atoms with E-state index in [1.54, 1.807) is 37.3 Å². The number of carbonyl (C=O) groups excluding carboxylic acids is 1. The van der Waals surface area contributed by atoms with Gasteiger partial charge in [0, 0.05) is 6.54 Å². The summed E-state index contributed by atoms with van der Waals surface area (Å²) < 4.78 is 33.4. The molecule has 0 saturated carbocycles. The summed E-state index contributed by atoms with van der Waals surface area (Å²) >= 11 is 6.23. The fourth-order valence-electron chi connectivity index (χ4n) is 3.39.